The predicted molar refractivity (Wildman–Crippen MR) is 94.0 cm³/mol. The zero-order valence-electron chi connectivity index (χ0n) is 14.5. The van der Waals surface area contributed by atoms with Gasteiger partial charge in [0.15, 0.2) is 0 Å². The van der Waals surface area contributed by atoms with E-state index in [0.717, 1.165) is 6.54 Å². The Morgan fingerprint density at radius 1 is 1.44 bits per heavy atom. The average molecular weight is 338 g/mol. The van der Waals surface area contributed by atoms with Crippen LogP contribution in [0.2, 0.25) is 0 Å². The largest absolute Gasteiger partial charge is 0.373 e. The highest BCUT2D eigenvalue weighted by molar-refractivity contribution is 5.94. The van der Waals surface area contributed by atoms with E-state index in [2.05, 4.69) is 29.1 Å². The summed E-state index contributed by atoms with van der Waals surface area (Å²) in [7, 11) is 3.85. The number of carbonyl (C=O) groups is 1. The lowest BCUT2D eigenvalue weighted by atomic mass is 9.98. The van der Waals surface area contributed by atoms with E-state index in [1.165, 1.54) is 5.56 Å². The minimum absolute atomic E-state index is 0.103. The Morgan fingerprint density at radius 2 is 2.20 bits per heavy atom. The van der Waals surface area contributed by atoms with E-state index in [4.69, 9.17) is 10.00 Å². The summed E-state index contributed by atoms with van der Waals surface area (Å²) in [6.07, 6.45) is 1.46. The molecule has 0 spiro atoms. The van der Waals surface area contributed by atoms with E-state index in [1.807, 2.05) is 24.3 Å². The molecular formula is C19H22N4O2. The molecule has 0 aliphatic carbocycles. The van der Waals surface area contributed by atoms with Crippen LogP contribution in [0.5, 0.6) is 0 Å². The summed E-state index contributed by atoms with van der Waals surface area (Å²) in [5, 5.41) is 8.89. The fourth-order valence-corrected chi connectivity index (χ4v) is 3.29. The van der Waals surface area contributed by atoms with Gasteiger partial charge in [0.2, 0.25) is 0 Å². The van der Waals surface area contributed by atoms with Crippen LogP contribution in [0.25, 0.3) is 0 Å². The Morgan fingerprint density at radius 3 is 2.88 bits per heavy atom. The van der Waals surface area contributed by atoms with Gasteiger partial charge in [0, 0.05) is 26.3 Å². The molecule has 1 aromatic heterocycles. The molecular weight excluding hydrogens is 316 g/mol. The molecule has 0 unspecified atom stereocenters. The van der Waals surface area contributed by atoms with Gasteiger partial charge in [0.25, 0.3) is 5.91 Å². The summed E-state index contributed by atoms with van der Waals surface area (Å²) < 4.78 is 6.00. The van der Waals surface area contributed by atoms with Crippen molar-refractivity contribution in [3.63, 3.8) is 0 Å². The third-order valence-corrected chi connectivity index (χ3v) is 4.59. The SMILES string of the molecule is CN(C[C@@H]1OCCN(C)[C@H]1c1ccccc1)C(=O)c1c[nH]c(C#N)c1. The van der Waals surface area contributed by atoms with Gasteiger partial charge in [-0.3, -0.25) is 9.69 Å². The van der Waals surface area contributed by atoms with E-state index >= 15 is 0 Å². The highest BCUT2D eigenvalue weighted by atomic mass is 16.5. The number of nitrogens with one attached hydrogen (secondary N) is 1. The quantitative estimate of drug-likeness (QED) is 0.926. The van der Waals surface area contributed by atoms with Crippen LogP contribution in [-0.2, 0) is 4.74 Å². The van der Waals surface area contributed by atoms with Crippen molar-refractivity contribution in [2.75, 3.05) is 33.8 Å². The number of nitrogens with zero attached hydrogens (tertiary/aromatic N) is 3. The molecule has 2 atom stereocenters. The standard InChI is InChI=1S/C19H22N4O2/c1-22-8-9-25-17(18(22)14-6-4-3-5-7-14)13-23(2)19(24)15-10-16(11-20)21-12-15/h3-7,10,12,17-18,21H,8-9,13H2,1-2H3/t17-,18-/m0/s1. The van der Waals surface area contributed by atoms with Crippen LogP contribution < -0.4 is 0 Å². The van der Waals surface area contributed by atoms with E-state index in [-0.39, 0.29) is 18.1 Å². The van der Waals surface area contributed by atoms with Crippen molar-refractivity contribution in [2.24, 2.45) is 0 Å². The lowest BCUT2D eigenvalue weighted by Crippen LogP contribution is -2.48. The predicted octanol–water partition coefficient (Wildman–Crippen LogP) is 2.03. The molecule has 1 aliphatic heterocycles. The molecule has 2 aromatic rings. The van der Waals surface area contributed by atoms with Crippen molar-refractivity contribution in [3.8, 4) is 6.07 Å². The number of benzene rings is 1. The third-order valence-electron chi connectivity index (χ3n) is 4.59. The molecule has 0 bridgehead atoms. The molecule has 6 nitrogen and oxygen atoms in total. The monoisotopic (exact) mass is 338 g/mol. The van der Waals surface area contributed by atoms with E-state index in [0.29, 0.717) is 24.4 Å². The Labute approximate surface area is 147 Å². The number of nitriles is 1. The maximum Gasteiger partial charge on any atom is 0.255 e. The van der Waals surface area contributed by atoms with Crippen LogP contribution in [0, 0.1) is 11.3 Å². The topological polar surface area (TPSA) is 72.4 Å². The first kappa shape index (κ1) is 17.2. The second-order valence-corrected chi connectivity index (χ2v) is 6.34. The molecule has 1 aliphatic rings. The lowest BCUT2D eigenvalue weighted by molar-refractivity contribution is -0.0707. The van der Waals surface area contributed by atoms with Crippen molar-refractivity contribution < 1.29 is 9.53 Å². The number of H-pyrrole nitrogens is 1. The maximum absolute atomic E-state index is 12.6. The number of amides is 1. The summed E-state index contributed by atoms with van der Waals surface area (Å²) in [6.45, 7) is 1.99. The molecule has 1 N–H and O–H groups in total. The van der Waals surface area contributed by atoms with Crippen molar-refractivity contribution in [1.29, 1.82) is 5.26 Å². The number of hydrogen-bond donors (Lipinski definition) is 1. The summed E-state index contributed by atoms with van der Waals surface area (Å²) >= 11 is 0. The maximum atomic E-state index is 12.6. The molecule has 25 heavy (non-hydrogen) atoms. The number of hydrogen-bond acceptors (Lipinski definition) is 4. The smallest absolute Gasteiger partial charge is 0.255 e. The molecule has 0 radical (unpaired) electrons. The molecule has 1 fully saturated rings. The zero-order valence-corrected chi connectivity index (χ0v) is 14.5. The Bertz CT molecular complexity index is 765. The minimum Gasteiger partial charge on any atom is -0.373 e. The van der Waals surface area contributed by atoms with E-state index in [9.17, 15) is 4.79 Å². The molecule has 130 valence electrons. The molecule has 1 aromatic carbocycles. The number of rotatable bonds is 4. The third kappa shape index (κ3) is 3.73. The molecule has 0 saturated carbocycles. The van der Waals surface area contributed by atoms with Crippen LogP contribution in [-0.4, -0.2) is 60.6 Å². The molecule has 3 rings (SSSR count). The highest BCUT2D eigenvalue weighted by Crippen LogP contribution is 2.28. The number of carbonyl (C=O) groups excluding carboxylic acids is 1. The fourth-order valence-electron chi connectivity index (χ4n) is 3.29. The van der Waals surface area contributed by atoms with Crippen LogP contribution in [0.15, 0.2) is 42.6 Å². The van der Waals surface area contributed by atoms with Gasteiger partial charge < -0.3 is 14.6 Å². The van der Waals surface area contributed by atoms with Crippen molar-refractivity contribution >= 4 is 5.91 Å². The summed E-state index contributed by atoms with van der Waals surface area (Å²) in [5.74, 6) is -0.124. The molecule has 1 saturated heterocycles. The Kier molecular flexibility index (Phi) is 5.17. The van der Waals surface area contributed by atoms with Gasteiger partial charge in [-0.1, -0.05) is 30.3 Å². The first-order valence-electron chi connectivity index (χ1n) is 8.31. The van der Waals surface area contributed by atoms with E-state index in [1.54, 1.807) is 24.2 Å². The highest BCUT2D eigenvalue weighted by Gasteiger charge is 2.33. The Balaban J connectivity index is 1.75. The van der Waals surface area contributed by atoms with Crippen LogP contribution in [0.3, 0.4) is 0 Å². The van der Waals surface area contributed by atoms with Gasteiger partial charge in [0.1, 0.15) is 11.8 Å². The minimum atomic E-state index is -0.124. The summed E-state index contributed by atoms with van der Waals surface area (Å²) in [4.78, 5) is 19.3. The molecule has 1 amide bonds. The molecule has 2 heterocycles. The zero-order chi connectivity index (χ0) is 17.8. The first-order chi connectivity index (χ1) is 12.1. The average Bonchev–Trinajstić information content (AvgIpc) is 3.11. The van der Waals surface area contributed by atoms with E-state index < -0.39 is 0 Å². The van der Waals surface area contributed by atoms with Crippen molar-refractivity contribution in [2.45, 2.75) is 12.1 Å². The second-order valence-electron chi connectivity index (χ2n) is 6.34. The second kappa shape index (κ2) is 7.51. The van der Waals surface area contributed by atoms with Gasteiger partial charge in [-0.25, -0.2) is 0 Å². The van der Waals surface area contributed by atoms with Crippen molar-refractivity contribution in [3.05, 3.63) is 59.4 Å². The molecule has 6 heteroatoms. The Hall–Kier alpha value is -2.62. The van der Waals surface area contributed by atoms with Crippen LogP contribution >= 0.6 is 0 Å². The van der Waals surface area contributed by atoms with Gasteiger partial charge in [-0.2, -0.15) is 5.26 Å². The number of aromatic amines is 1. The number of aromatic nitrogens is 1. The normalized spacial score (nSPS) is 20.8. The summed E-state index contributed by atoms with van der Waals surface area (Å²) in [6, 6.07) is 13.9. The number of likely N-dealkylation sites (N-methyl/N-ethyl adjacent to an activating group) is 2. The van der Waals surface area contributed by atoms with Crippen LogP contribution in [0.1, 0.15) is 27.7 Å². The van der Waals surface area contributed by atoms with Gasteiger partial charge in [0.05, 0.1) is 24.3 Å². The summed E-state index contributed by atoms with van der Waals surface area (Å²) in [5.41, 5.74) is 2.05. The van der Waals surface area contributed by atoms with Gasteiger partial charge in [-0.15, -0.1) is 0 Å². The first-order valence-corrected chi connectivity index (χ1v) is 8.31. The fraction of sp³-hybridized carbons (Fsp3) is 0.368. The van der Waals surface area contributed by atoms with Crippen molar-refractivity contribution in [1.82, 2.24) is 14.8 Å². The van der Waals surface area contributed by atoms with Crippen LogP contribution in [0.4, 0.5) is 0 Å². The van der Waals surface area contributed by atoms with Gasteiger partial charge >= 0.3 is 0 Å². The number of ether oxygens (including phenoxy) is 1. The number of morpholine rings is 1. The van der Waals surface area contributed by atoms with Gasteiger partial charge in [-0.05, 0) is 18.7 Å². The lowest BCUT2D eigenvalue weighted by Gasteiger charge is -2.40.